The summed E-state index contributed by atoms with van der Waals surface area (Å²) in [6.07, 6.45) is 0. The van der Waals surface area contributed by atoms with Gasteiger partial charge in [0.05, 0.1) is 6.07 Å². The lowest BCUT2D eigenvalue weighted by atomic mass is 9.84. The molecular weight excluding hydrogens is 210 g/mol. The van der Waals surface area contributed by atoms with Crippen LogP contribution in [0, 0.1) is 16.7 Å². The van der Waals surface area contributed by atoms with E-state index in [1.807, 2.05) is 36.4 Å². The van der Waals surface area contributed by atoms with Gasteiger partial charge in [0.25, 0.3) is 0 Å². The van der Waals surface area contributed by atoms with Gasteiger partial charge in [-0.2, -0.15) is 5.26 Å². The van der Waals surface area contributed by atoms with Gasteiger partial charge in [0.1, 0.15) is 5.41 Å². The molecule has 0 amide bonds. The van der Waals surface area contributed by atoms with E-state index in [2.05, 4.69) is 6.07 Å². The molecule has 0 aliphatic rings. The van der Waals surface area contributed by atoms with E-state index in [9.17, 15) is 4.79 Å². The Morgan fingerprint density at radius 1 is 1.12 bits per heavy atom. The van der Waals surface area contributed by atoms with E-state index in [0.717, 1.165) is 10.8 Å². The molecule has 0 spiro atoms. The summed E-state index contributed by atoms with van der Waals surface area (Å²) in [6, 6.07) is 15.4. The van der Waals surface area contributed by atoms with Crippen LogP contribution in [-0.2, 0) is 0 Å². The van der Waals surface area contributed by atoms with Crippen LogP contribution in [-0.4, -0.2) is 5.78 Å². The van der Waals surface area contributed by atoms with Crippen molar-refractivity contribution in [3.05, 3.63) is 48.0 Å². The summed E-state index contributed by atoms with van der Waals surface area (Å²) in [6.45, 7) is 3.30. The molecular formula is C15H13NO. The van der Waals surface area contributed by atoms with E-state index in [4.69, 9.17) is 5.26 Å². The molecule has 0 N–H and O–H groups in total. The lowest BCUT2D eigenvalue weighted by Crippen LogP contribution is -2.22. The van der Waals surface area contributed by atoms with Crippen molar-refractivity contribution in [3.8, 4) is 6.07 Å². The van der Waals surface area contributed by atoms with Gasteiger partial charge in [0, 0.05) is 5.56 Å². The molecule has 2 rings (SSSR count). The van der Waals surface area contributed by atoms with E-state index in [1.54, 1.807) is 19.9 Å². The second-order valence-electron chi connectivity index (χ2n) is 4.59. The Hall–Kier alpha value is -2.14. The molecule has 0 bridgehead atoms. The number of fused-ring (bicyclic) bond motifs is 1. The molecule has 0 aromatic heterocycles. The van der Waals surface area contributed by atoms with Crippen LogP contribution >= 0.6 is 0 Å². The van der Waals surface area contributed by atoms with Gasteiger partial charge >= 0.3 is 0 Å². The first-order chi connectivity index (χ1) is 8.06. The minimum absolute atomic E-state index is 0.128. The number of nitriles is 1. The molecule has 2 heteroatoms. The summed E-state index contributed by atoms with van der Waals surface area (Å²) in [4.78, 5) is 12.3. The van der Waals surface area contributed by atoms with E-state index in [0.29, 0.717) is 5.56 Å². The van der Waals surface area contributed by atoms with Crippen LogP contribution in [0.1, 0.15) is 24.2 Å². The lowest BCUT2D eigenvalue weighted by Gasteiger charge is -2.15. The topological polar surface area (TPSA) is 40.9 Å². The molecule has 0 saturated carbocycles. The number of rotatable bonds is 2. The largest absolute Gasteiger partial charge is 0.292 e. The van der Waals surface area contributed by atoms with Gasteiger partial charge < -0.3 is 0 Å². The average Bonchev–Trinajstić information content (AvgIpc) is 2.37. The van der Waals surface area contributed by atoms with E-state index >= 15 is 0 Å². The number of carbonyl (C=O) groups is 1. The molecule has 17 heavy (non-hydrogen) atoms. The normalized spacial score (nSPS) is 11.1. The maximum Gasteiger partial charge on any atom is 0.183 e. The highest BCUT2D eigenvalue weighted by molar-refractivity contribution is 6.11. The monoisotopic (exact) mass is 223 g/mol. The summed E-state index contributed by atoms with van der Waals surface area (Å²) in [7, 11) is 0. The van der Waals surface area contributed by atoms with Gasteiger partial charge in [-0.3, -0.25) is 4.79 Å². The molecule has 0 aliphatic heterocycles. The van der Waals surface area contributed by atoms with Crippen LogP contribution in [0.3, 0.4) is 0 Å². The molecule has 0 atom stereocenters. The predicted octanol–water partition coefficient (Wildman–Crippen LogP) is 3.57. The number of Topliss-reactive ketones (excluding diaryl/α,β-unsaturated/α-hetero) is 1. The number of ketones is 1. The van der Waals surface area contributed by atoms with Crippen LogP contribution < -0.4 is 0 Å². The molecule has 2 nitrogen and oxygen atoms in total. The van der Waals surface area contributed by atoms with Crippen LogP contribution in [0.4, 0.5) is 0 Å². The van der Waals surface area contributed by atoms with Crippen LogP contribution in [0.25, 0.3) is 10.8 Å². The molecule has 0 aliphatic carbocycles. The molecule has 2 aromatic rings. The van der Waals surface area contributed by atoms with Crippen LogP contribution in [0.2, 0.25) is 0 Å². The second kappa shape index (κ2) is 4.03. The van der Waals surface area contributed by atoms with Crippen molar-refractivity contribution in [1.29, 1.82) is 5.26 Å². The van der Waals surface area contributed by atoms with Gasteiger partial charge in [-0.1, -0.05) is 42.5 Å². The summed E-state index contributed by atoms with van der Waals surface area (Å²) in [5.74, 6) is -0.128. The summed E-state index contributed by atoms with van der Waals surface area (Å²) >= 11 is 0. The van der Waals surface area contributed by atoms with Gasteiger partial charge in [-0.25, -0.2) is 0 Å². The molecule has 0 fully saturated rings. The Labute approximate surface area is 100 Å². The van der Waals surface area contributed by atoms with Crippen LogP contribution in [0.5, 0.6) is 0 Å². The standard InChI is InChI=1S/C15H13NO/c1-15(2,10-16)14(17)13-9-5-7-11-6-3-4-8-12(11)13/h3-9H,1-2H3. The quantitative estimate of drug-likeness (QED) is 0.730. The van der Waals surface area contributed by atoms with Crippen molar-refractivity contribution in [2.45, 2.75) is 13.8 Å². The van der Waals surface area contributed by atoms with Gasteiger partial charge in [0.15, 0.2) is 5.78 Å². The van der Waals surface area contributed by atoms with Crippen molar-refractivity contribution in [2.24, 2.45) is 5.41 Å². The Balaban J connectivity index is 2.65. The lowest BCUT2D eigenvalue weighted by molar-refractivity contribution is 0.0893. The third-order valence-electron chi connectivity index (χ3n) is 2.88. The van der Waals surface area contributed by atoms with Crippen molar-refractivity contribution >= 4 is 16.6 Å². The highest BCUT2D eigenvalue weighted by Crippen LogP contribution is 2.26. The Morgan fingerprint density at radius 2 is 1.76 bits per heavy atom. The fraction of sp³-hybridized carbons (Fsp3) is 0.200. The third-order valence-corrected chi connectivity index (χ3v) is 2.88. The number of hydrogen-bond donors (Lipinski definition) is 0. The van der Waals surface area contributed by atoms with Crippen LogP contribution in [0.15, 0.2) is 42.5 Å². The number of benzene rings is 2. The number of carbonyl (C=O) groups excluding carboxylic acids is 1. The molecule has 2 aromatic carbocycles. The third kappa shape index (κ3) is 1.92. The van der Waals surface area contributed by atoms with Gasteiger partial charge in [-0.15, -0.1) is 0 Å². The maximum atomic E-state index is 12.3. The number of nitrogens with zero attached hydrogens (tertiary/aromatic N) is 1. The Morgan fingerprint density at radius 3 is 2.47 bits per heavy atom. The molecule has 0 heterocycles. The molecule has 0 saturated heterocycles. The maximum absolute atomic E-state index is 12.3. The zero-order valence-electron chi connectivity index (χ0n) is 9.90. The summed E-state index contributed by atoms with van der Waals surface area (Å²) in [5.41, 5.74) is -0.362. The van der Waals surface area contributed by atoms with E-state index < -0.39 is 5.41 Å². The first-order valence-corrected chi connectivity index (χ1v) is 5.50. The first-order valence-electron chi connectivity index (χ1n) is 5.50. The van der Waals surface area contributed by atoms with Crippen molar-refractivity contribution in [2.75, 3.05) is 0 Å². The molecule has 84 valence electrons. The minimum atomic E-state index is -0.982. The predicted molar refractivity (Wildman–Crippen MR) is 67.7 cm³/mol. The SMILES string of the molecule is CC(C)(C#N)C(=O)c1cccc2ccccc12. The van der Waals surface area contributed by atoms with E-state index in [1.165, 1.54) is 0 Å². The van der Waals surface area contributed by atoms with Gasteiger partial charge in [-0.05, 0) is 24.6 Å². The number of hydrogen-bond acceptors (Lipinski definition) is 2. The fourth-order valence-electron chi connectivity index (χ4n) is 1.81. The van der Waals surface area contributed by atoms with Crippen molar-refractivity contribution < 1.29 is 4.79 Å². The Bertz CT molecular complexity index is 615. The summed E-state index contributed by atoms with van der Waals surface area (Å²) < 4.78 is 0. The Kier molecular flexibility index (Phi) is 2.69. The smallest absolute Gasteiger partial charge is 0.183 e. The van der Waals surface area contributed by atoms with Crippen molar-refractivity contribution in [1.82, 2.24) is 0 Å². The highest BCUT2D eigenvalue weighted by Gasteiger charge is 2.29. The molecule has 0 unspecified atom stereocenters. The van der Waals surface area contributed by atoms with Crippen molar-refractivity contribution in [3.63, 3.8) is 0 Å². The van der Waals surface area contributed by atoms with E-state index in [-0.39, 0.29) is 5.78 Å². The zero-order chi connectivity index (χ0) is 12.5. The minimum Gasteiger partial charge on any atom is -0.292 e. The molecule has 0 radical (unpaired) electrons. The second-order valence-corrected chi connectivity index (χ2v) is 4.59. The average molecular weight is 223 g/mol. The zero-order valence-corrected chi connectivity index (χ0v) is 9.90. The van der Waals surface area contributed by atoms with Gasteiger partial charge in [0.2, 0.25) is 0 Å². The summed E-state index contributed by atoms with van der Waals surface area (Å²) in [5, 5.41) is 11.0. The first kappa shape index (κ1) is 11.3. The fourth-order valence-corrected chi connectivity index (χ4v) is 1.81. The highest BCUT2D eigenvalue weighted by atomic mass is 16.1.